The van der Waals surface area contributed by atoms with Crippen LogP contribution in [-0.2, 0) is 14.1 Å². The molecule has 0 fully saturated rings. The largest absolute Gasteiger partial charge is 0.351 e. The molecule has 1 aromatic carbocycles. The summed E-state index contributed by atoms with van der Waals surface area (Å²) in [4.78, 5) is 0. The van der Waals surface area contributed by atoms with E-state index in [2.05, 4.69) is 21.3 Å². The fraction of sp³-hybridized carbons (Fsp3) is 0.273. The van der Waals surface area contributed by atoms with Gasteiger partial charge in [0.25, 0.3) is 0 Å². The number of hydrogen-bond donors (Lipinski definition) is 0. The van der Waals surface area contributed by atoms with Crippen molar-refractivity contribution >= 4 is 22.0 Å². The minimum atomic E-state index is 0.443. The number of para-hydroxylation sites is 1. The smallest absolute Gasteiger partial charge is 0.101 e. The highest BCUT2D eigenvalue weighted by Crippen LogP contribution is 2.37. The molecule has 2 heterocycles. The van der Waals surface area contributed by atoms with Crippen molar-refractivity contribution in [2.45, 2.75) is 27.7 Å². The highest BCUT2D eigenvalue weighted by atomic mass is 15.0. The maximum atomic E-state index is 10.0. The Balaban J connectivity index is 2.47. The number of nitriles is 2. The Bertz CT molecular complexity index is 1130. The van der Waals surface area contributed by atoms with Gasteiger partial charge < -0.3 is 9.13 Å². The lowest BCUT2D eigenvalue weighted by molar-refractivity contribution is 0.840. The summed E-state index contributed by atoms with van der Waals surface area (Å²) in [5.41, 5.74) is 7.82. The molecule has 3 aromatic rings. The van der Waals surface area contributed by atoms with E-state index in [9.17, 15) is 10.5 Å². The number of aryl methyl sites for hydroxylation is 1. The van der Waals surface area contributed by atoms with Crippen LogP contribution in [-0.4, -0.2) is 9.13 Å². The van der Waals surface area contributed by atoms with Gasteiger partial charge in [0.1, 0.15) is 12.1 Å². The first-order chi connectivity index (χ1) is 12.3. The van der Waals surface area contributed by atoms with Gasteiger partial charge in [-0.3, -0.25) is 0 Å². The van der Waals surface area contributed by atoms with Crippen LogP contribution in [0.25, 0.3) is 22.0 Å². The summed E-state index contributed by atoms with van der Waals surface area (Å²) in [7, 11) is 3.98. The second-order valence-corrected chi connectivity index (χ2v) is 6.74. The van der Waals surface area contributed by atoms with Crippen molar-refractivity contribution in [3.63, 3.8) is 0 Å². The summed E-state index contributed by atoms with van der Waals surface area (Å²) < 4.78 is 4.15. The van der Waals surface area contributed by atoms with Crippen LogP contribution < -0.4 is 0 Å². The molecule has 4 heteroatoms. The number of rotatable bonds is 2. The number of aromatic nitrogens is 2. The standard InChI is InChI=1S/C22H22N4/c1-13-14(2)25(5)15(3)21(13)18(11-23)19(12-24)22-16(4)26(6)20-10-8-7-9-17(20)22/h7-10H,1-6H3/b19-18+. The predicted octanol–water partition coefficient (Wildman–Crippen LogP) is 4.71. The van der Waals surface area contributed by atoms with Gasteiger partial charge in [-0.2, -0.15) is 10.5 Å². The molecule has 0 radical (unpaired) electrons. The molecule has 4 nitrogen and oxygen atoms in total. The number of nitrogens with zero attached hydrogens (tertiary/aromatic N) is 4. The SMILES string of the molecule is Cc1c(/C(C#N)=C(\C#N)c2c(C)n(C)c3ccccc23)c(C)n(C)c1C. The maximum Gasteiger partial charge on any atom is 0.101 e. The zero-order valence-electron chi connectivity index (χ0n) is 16.1. The van der Waals surface area contributed by atoms with Crippen molar-refractivity contribution in [1.29, 1.82) is 10.5 Å². The lowest BCUT2D eigenvalue weighted by Gasteiger charge is -2.07. The molecule has 0 amide bonds. The fourth-order valence-electron chi connectivity index (χ4n) is 3.80. The van der Waals surface area contributed by atoms with Crippen LogP contribution in [0.2, 0.25) is 0 Å². The van der Waals surface area contributed by atoms with Crippen LogP contribution in [0.15, 0.2) is 24.3 Å². The van der Waals surface area contributed by atoms with E-state index in [1.807, 2.05) is 66.1 Å². The van der Waals surface area contributed by atoms with Gasteiger partial charge in [-0.05, 0) is 39.3 Å². The van der Waals surface area contributed by atoms with Crippen LogP contribution in [0, 0.1) is 50.4 Å². The predicted molar refractivity (Wildman–Crippen MR) is 105 cm³/mol. The quantitative estimate of drug-likeness (QED) is 0.633. The summed E-state index contributed by atoms with van der Waals surface area (Å²) in [5.74, 6) is 0. The minimum Gasteiger partial charge on any atom is -0.351 e. The van der Waals surface area contributed by atoms with E-state index in [-0.39, 0.29) is 0 Å². The third-order valence-electron chi connectivity index (χ3n) is 5.66. The molecule has 0 bridgehead atoms. The van der Waals surface area contributed by atoms with E-state index in [1.165, 1.54) is 0 Å². The van der Waals surface area contributed by atoms with Gasteiger partial charge in [0, 0.05) is 53.2 Å². The average molecular weight is 342 g/mol. The summed E-state index contributed by atoms with van der Waals surface area (Å²) in [6.07, 6.45) is 0. The van der Waals surface area contributed by atoms with Crippen molar-refractivity contribution in [3.05, 3.63) is 58.0 Å². The minimum absolute atomic E-state index is 0.443. The second kappa shape index (κ2) is 6.24. The molecular formula is C22H22N4. The molecule has 2 aromatic heterocycles. The topological polar surface area (TPSA) is 57.4 Å². The van der Waals surface area contributed by atoms with Crippen molar-refractivity contribution in [3.8, 4) is 12.1 Å². The number of hydrogen-bond acceptors (Lipinski definition) is 2. The Morgan fingerprint density at radius 2 is 1.31 bits per heavy atom. The molecule has 26 heavy (non-hydrogen) atoms. The van der Waals surface area contributed by atoms with E-state index >= 15 is 0 Å². The third-order valence-corrected chi connectivity index (χ3v) is 5.66. The second-order valence-electron chi connectivity index (χ2n) is 6.74. The van der Waals surface area contributed by atoms with Gasteiger partial charge in [-0.25, -0.2) is 0 Å². The normalized spacial score (nSPS) is 12.0. The van der Waals surface area contributed by atoms with Crippen LogP contribution >= 0.6 is 0 Å². The van der Waals surface area contributed by atoms with E-state index in [1.54, 1.807) is 0 Å². The summed E-state index contributed by atoms with van der Waals surface area (Å²) in [6, 6.07) is 12.7. The average Bonchev–Trinajstić information content (AvgIpc) is 3.00. The molecule has 0 atom stereocenters. The number of benzene rings is 1. The van der Waals surface area contributed by atoms with Crippen LogP contribution in [0.1, 0.15) is 33.8 Å². The van der Waals surface area contributed by atoms with E-state index in [4.69, 9.17) is 0 Å². The Morgan fingerprint density at radius 3 is 1.85 bits per heavy atom. The molecule has 0 aliphatic heterocycles. The van der Waals surface area contributed by atoms with Crippen molar-refractivity contribution in [1.82, 2.24) is 9.13 Å². The first-order valence-corrected chi connectivity index (χ1v) is 8.56. The summed E-state index contributed by atoms with van der Waals surface area (Å²) in [6.45, 7) is 8.05. The monoisotopic (exact) mass is 342 g/mol. The third kappa shape index (κ3) is 2.27. The molecule has 0 saturated heterocycles. The van der Waals surface area contributed by atoms with Crippen LogP contribution in [0.5, 0.6) is 0 Å². The van der Waals surface area contributed by atoms with Crippen LogP contribution in [0.4, 0.5) is 0 Å². The molecular weight excluding hydrogens is 320 g/mol. The first kappa shape index (κ1) is 17.6. The lowest BCUT2D eigenvalue weighted by atomic mass is 9.92. The van der Waals surface area contributed by atoms with Gasteiger partial charge in [-0.15, -0.1) is 0 Å². The van der Waals surface area contributed by atoms with Gasteiger partial charge >= 0.3 is 0 Å². The fourth-order valence-corrected chi connectivity index (χ4v) is 3.80. The van der Waals surface area contributed by atoms with E-state index < -0.39 is 0 Å². The van der Waals surface area contributed by atoms with Gasteiger partial charge in [-0.1, -0.05) is 18.2 Å². The molecule has 3 rings (SSSR count). The van der Waals surface area contributed by atoms with Crippen molar-refractivity contribution in [2.75, 3.05) is 0 Å². The highest BCUT2D eigenvalue weighted by molar-refractivity contribution is 6.10. The molecule has 130 valence electrons. The molecule has 0 unspecified atom stereocenters. The van der Waals surface area contributed by atoms with Gasteiger partial charge in [0.05, 0.1) is 11.1 Å². The summed E-state index contributed by atoms with van der Waals surface area (Å²) >= 11 is 0. The Hall–Kier alpha value is -3.24. The van der Waals surface area contributed by atoms with Crippen molar-refractivity contribution in [2.24, 2.45) is 14.1 Å². The van der Waals surface area contributed by atoms with Gasteiger partial charge in [0.2, 0.25) is 0 Å². The van der Waals surface area contributed by atoms with E-state index in [0.29, 0.717) is 11.1 Å². The molecule has 0 N–H and O–H groups in total. The molecule has 0 saturated carbocycles. The highest BCUT2D eigenvalue weighted by Gasteiger charge is 2.23. The molecule has 0 aliphatic rings. The Labute approximate surface area is 154 Å². The van der Waals surface area contributed by atoms with Crippen LogP contribution in [0.3, 0.4) is 0 Å². The number of allylic oxidation sites excluding steroid dienone is 2. The Kier molecular flexibility index (Phi) is 4.22. The lowest BCUT2D eigenvalue weighted by Crippen LogP contribution is -1.97. The molecule has 0 aliphatic carbocycles. The Morgan fingerprint density at radius 1 is 0.769 bits per heavy atom. The zero-order chi connectivity index (χ0) is 19.2. The number of fused-ring (bicyclic) bond motifs is 1. The molecule has 0 spiro atoms. The van der Waals surface area contributed by atoms with Gasteiger partial charge in [0.15, 0.2) is 0 Å². The zero-order valence-corrected chi connectivity index (χ0v) is 16.1. The van der Waals surface area contributed by atoms with E-state index in [0.717, 1.165) is 44.7 Å². The summed E-state index contributed by atoms with van der Waals surface area (Å²) in [5, 5.41) is 21.0. The van der Waals surface area contributed by atoms with Crippen molar-refractivity contribution < 1.29 is 0 Å². The first-order valence-electron chi connectivity index (χ1n) is 8.56. The maximum absolute atomic E-state index is 10.0.